The molecule has 3 aromatic heterocycles. The number of amides is 1. The number of hydrogen-bond acceptors (Lipinski definition) is 5. The molecule has 4 rings (SSSR count). The van der Waals surface area contributed by atoms with E-state index < -0.39 is 19.1 Å². The first-order chi connectivity index (χ1) is 13.4. The number of carbonyl (C=O) groups excluding carboxylic acids is 1. The van der Waals surface area contributed by atoms with Crippen molar-refractivity contribution in [2.75, 3.05) is 24.5 Å². The number of nitrogens with zero attached hydrogens (tertiary/aromatic N) is 4. The van der Waals surface area contributed by atoms with E-state index in [0.717, 1.165) is 29.4 Å². The number of anilines is 1. The van der Waals surface area contributed by atoms with Crippen LogP contribution in [0.3, 0.4) is 0 Å². The summed E-state index contributed by atoms with van der Waals surface area (Å²) in [6, 6.07) is 3.79. The highest BCUT2D eigenvalue weighted by atomic mass is 19.4. The Hall–Kier alpha value is -2.91. The zero-order valence-corrected chi connectivity index (χ0v) is 15.0. The SMILES string of the molecule is O=C(NCCC(F)(F)F)C1CCCN(c2cc[nH]c3nnc4nccc4c23)C1. The molecule has 1 amide bonds. The van der Waals surface area contributed by atoms with Crippen LogP contribution in [0.2, 0.25) is 0 Å². The average Bonchev–Trinajstić information content (AvgIpc) is 3.15. The monoisotopic (exact) mass is 392 g/mol. The van der Waals surface area contributed by atoms with E-state index in [1.165, 1.54) is 0 Å². The first kappa shape index (κ1) is 18.5. The van der Waals surface area contributed by atoms with Crippen molar-refractivity contribution in [1.82, 2.24) is 25.5 Å². The predicted octanol–water partition coefficient (Wildman–Crippen LogP) is 2.79. The Balaban J connectivity index is 1.55. The van der Waals surface area contributed by atoms with Crippen molar-refractivity contribution < 1.29 is 18.0 Å². The van der Waals surface area contributed by atoms with Gasteiger partial charge in [-0.2, -0.15) is 13.2 Å². The second-order valence-corrected chi connectivity index (χ2v) is 6.91. The quantitative estimate of drug-likeness (QED) is 0.713. The van der Waals surface area contributed by atoms with Gasteiger partial charge in [0.1, 0.15) is 0 Å². The van der Waals surface area contributed by atoms with Crippen LogP contribution >= 0.6 is 0 Å². The number of rotatable bonds is 4. The van der Waals surface area contributed by atoms with Crippen molar-refractivity contribution >= 4 is 33.7 Å². The third kappa shape index (κ3) is 3.71. The number of halogens is 3. The maximum absolute atomic E-state index is 12.4. The Bertz CT molecular complexity index is 1000. The normalized spacial score (nSPS) is 18.0. The predicted molar refractivity (Wildman–Crippen MR) is 97.8 cm³/mol. The molecule has 1 aliphatic heterocycles. The van der Waals surface area contributed by atoms with Crippen molar-refractivity contribution in [1.29, 1.82) is 0 Å². The molecule has 2 N–H and O–H groups in total. The molecule has 7 nitrogen and oxygen atoms in total. The minimum Gasteiger partial charge on any atom is -0.370 e. The molecule has 3 aromatic rings. The number of H-pyrrole nitrogens is 1. The molecule has 10 heteroatoms. The van der Waals surface area contributed by atoms with Gasteiger partial charge in [0.25, 0.3) is 0 Å². The second-order valence-electron chi connectivity index (χ2n) is 6.91. The van der Waals surface area contributed by atoms with E-state index in [2.05, 4.69) is 30.4 Å². The van der Waals surface area contributed by atoms with Gasteiger partial charge in [0.15, 0.2) is 11.3 Å². The highest BCUT2D eigenvalue weighted by molar-refractivity contribution is 6.08. The lowest BCUT2D eigenvalue weighted by Crippen LogP contribution is -2.43. The van der Waals surface area contributed by atoms with E-state index in [0.29, 0.717) is 24.3 Å². The zero-order valence-electron chi connectivity index (χ0n) is 15.0. The number of piperidine rings is 1. The van der Waals surface area contributed by atoms with E-state index in [-0.39, 0.29) is 11.8 Å². The summed E-state index contributed by atoms with van der Waals surface area (Å²) in [5.41, 5.74) is 2.08. The number of aromatic amines is 1. The molecular weight excluding hydrogens is 373 g/mol. The molecule has 0 spiro atoms. The lowest BCUT2D eigenvalue weighted by molar-refractivity contribution is -0.136. The van der Waals surface area contributed by atoms with Crippen LogP contribution in [-0.2, 0) is 4.79 Å². The van der Waals surface area contributed by atoms with Crippen molar-refractivity contribution in [2.45, 2.75) is 25.4 Å². The molecule has 28 heavy (non-hydrogen) atoms. The van der Waals surface area contributed by atoms with Gasteiger partial charge in [-0.05, 0) is 25.0 Å². The van der Waals surface area contributed by atoms with Crippen molar-refractivity contribution in [3.63, 3.8) is 0 Å². The molecule has 1 aliphatic rings. The molecule has 0 bridgehead atoms. The van der Waals surface area contributed by atoms with Crippen LogP contribution in [0.15, 0.2) is 24.5 Å². The lowest BCUT2D eigenvalue weighted by Gasteiger charge is -2.34. The van der Waals surface area contributed by atoms with Crippen LogP contribution in [-0.4, -0.2) is 51.9 Å². The molecule has 148 valence electrons. The molecule has 4 heterocycles. The summed E-state index contributed by atoms with van der Waals surface area (Å²) in [5, 5.41) is 12.4. The minimum atomic E-state index is -4.27. The van der Waals surface area contributed by atoms with Gasteiger partial charge in [0.2, 0.25) is 5.91 Å². The van der Waals surface area contributed by atoms with Gasteiger partial charge in [-0.25, -0.2) is 4.98 Å². The molecule has 0 aliphatic carbocycles. The lowest BCUT2D eigenvalue weighted by atomic mass is 9.96. The molecule has 0 aromatic carbocycles. The van der Waals surface area contributed by atoms with Crippen LogP contribution in [0.25, 0.3) is 22.1 Å². The van der Waals surface area contributed by atoms with Crippen molar-refractivity contribution in [3.8, 4) is 0 Å². The maximum atomic E-state index is 12.4. The third-order valence-electron chi connectivity index (χ3n) is 4.99. The Morgan fingerprint density at radius 3 is 3.00 bits per heavy atom. The maximum Gasteiger partial charge on any atom is 0.390 e. The van der Waals surface area contributed by atoms with Crippen molar-refractivity contribution in [3.05, 3.63) is 24.5 Å². The standard InChI is InChI=1S/C18H19F3N6O/c19-18(20,21)5-8-24-17(28)11-2-1-9-27(10-11)13-4-7-23-16-14(13)12-3-6-22-15(12)25-26-16/h3-4,6-7,11H,1-2,5,8-10H2,(H,23,26)(H,24,28). The summed E-state index contributed by atoms with van der Waals surface area (Å²) in [6.07, 6.45) is -0.429. The summed E-state index contributed by atoms with van der Waals surface area (Å²) in [4.78, 5) is 21.7. The number of carbonyl (C=O) groups is 1. The van der Waals surface area contributed by atoms with Crippen LogP contribution in [0.5, 0.6) is 0 Å². The Morgan fingerprint density at radius 2 is 2.18 bits per heavy atom. The number of pyridine rings is 1. The number of fused-ring (bicyclic) bond motifs is 3. The number of alkyl halides is 3. The fourth-order valence-corrected chi connectivity index (χ4v) is 3.66. The minimum absolute atomic E-state index is 0.333. The van der Waals surface area contributed by atoms with Crippen molar-refractivity contribution in [2.24, 2.45) is 5.92 Å². The highest BCUT2D eigenvalue weighted by Crippen LogP contribution is 2.32. The molecule has 1 fully saturated rings. The Labute approximate surface area is 158 Å². The van der Waals surface area contributed by atoms with Crippen LogP contribution in [0, 0.1) is 5.92 Å². The van der Waals surface area contributed by atoms with Crippen LogP contribution < -0.4 is 10.2 Å². The Kier molecular flexibility index (Phi) is 4.78. The van der Waals surface area contributed by atoms with Gasteiger partial charge < -0.3 is 15.2 Å². The average molecular weight is 392 g/mol. The smallest absolute Gasteiger partial charge is 0.370 e. The summed E-state index contributed by atoms with van der Waals surface area (Å²) in [5.74, 6) is -0.690. The first-order valence-corrected chi connectivity index (χ1v) is 9.10. The van der Waals surface area contributed by atoms with E-state index in [9.17, 15) is 18.0 Å². The van der Waals surface area contributed by atoms with Gasteiger partial charge >= 0.3 is 6.18 Å². The molecule has 1 unspecified atom stereocenters. The van der Waals surface area contributed by atoms with Crippen LogP contribution in [0.4, 0.5) is 18.9 Å². The first-order valence-electron chi connectivity index (χ1n) is 9.10. The van der Waals surface area contributed by atoms with E-state index in [4.69, 9.17) is 0 Å². The highest BCUT2D eigenvalue weighted by Gasteiger charge is 2.30. The van der Waals surface area contributed by atoms with E-state index in [1.807, 2.05) is 12.1 Å². The molecule has 1 atom stereocenters. The van der Waals surface area contributed by atoms with Gasteiger partial charge in [-0.15, -0.1) is 10.2 Å². The Morgan fingerprint density at radius 1 is 1.32 bits per heavy atom. The largest absolute Gasteiger partial charge is 0.390 e. The van der Waals surface area contributed by atoms with Crippen LogP contribution in [0.1, 0.15) is 19.3 Å². The number of hydrogen-bond donors (Lipinski definition) is 2. The van der Waals surface area contributed by atoms with Gasteiger partial charge in [0, 0.05) is 43.1 Å². The van der Waals surface area contributed by atoms with E-state index in [1.54, 1.807) is 12.4 Å². The van der Waals surface area contributed by atoms with Gasteiger partial charge in [0.05, 0.1) is 17.7 Å². The molecule has 1 saturated heterocycles. The molecule has 0 radical (unpaired) electrons. The zero-order chi connectivity index (χ0) is 19.7. The second kappa shape index (κ2) is 7.25. The number of nitrogens with one attached hydrogen (secondary N) is 2. The third-order valence-corrected chi connectivity index (χ3v) is 4.99. The topological polar surface area (TPSA) is 86.8 Å². The molecular formula is C18H19F3N6O. The summed E-state index contributed by atoms with van der Waals surface area (Å²) in [6.45, 7) is 0.801. The van der Waals surface area contributed by atoms with E-state index >= 15 is 0 Å². The summed E-state index contributed by atoms with van der Waals surface area (Å²) < 4.78 is 36.9. The molecule has 0 saturated carbocycles. The van der Waals surface area contributed by atoms with Gasteiger partial charge in [-0.3, -0.25) is 4.79 Å². The van der Waals surface area contributed by atoms with Gasteiger partial charge in [-0.1, -0.05) is 0 Å². The number of aromatic nitrogens is 4. The fourth-order valence-electron chi connectivity index (χ4n) is 3.66. The summed E-state index contributed by atoms with van der Waals surface area (Å²) >= 11 is 0. The fraction of sp³-hybridized carbons (Fsp3) is 0.444. The summed E-state index contributed by atoms with van der Waals surface area (Å²) in [7, 11) is 0.